The molecular formula is C12H23N3O. The lowest BCUT2D eigenvalue weighted by Crippen LogP contribution is -2.31. The van der Waals surface area contributed by atoms with Gasteiger partial charge in [-0.25, -0.2) is 4.98 Å². The van der Waals surface area contributed by atoms with Gasteiger partial charge in [0.15, 0.2) is 0 Å². The topological polar surface area (TPSA) is 50.1 Å². The summed E-state index contributed by atoms with van der Waals surface area (Å²) in [6.45, 7) is 7.94. The molecule has 0 radical (unpaired) electrons. The highest BCUT2D eigenvalue weighted by Crippen LogP contribution is 2.21. The van der Waals surface area contributed by atoms with Gasteiger partial charge >= 0.3 is 0 Å². The molecule has 0 saturated carbocycles. The fraction of sp³-hybridized carbons (Fsp3) is 0.750. The zero-order valence-electron chi connectivity index (χ0n) is 10.7. The minimum Gasteiger partial charge on any atom is -0.382 e. The molecule has 92 valence electrons. The second kappa shape index (κ2) is 5.46. The number of rotatable bonds is 6. The molecule has 1 unspecified atom stereocenters. The van der Waals surface area contributed by atoms with E-state index in [1.54, 1.807) is 6.20 Å². The van der Waals surface area contributed by atoms with E-state index in [1.807, 2.05) is 24.7 Å². The Hall–Kier alpha value is -0.870. The predicted octanol–water partition coefficient (Wildman–Crippen LogP) is 1.26. The summed E-state index contributed by atoms with van der Waals surface area (Å²) in [6.07, 6.45) is 4.24. The zero-order chi connectivity index (χ0) is 12.2. The van der Waals surface area contributed by atoms with Crippen LogP contribution in [0.3, 0.4) is 0 Å². The van der Waals surface area contributed by atoms with E-state index in [1.165, 1.54) is 0 Å². The molecule has 0 aliphatic carbocycles. The van der Waals surface area contributed by atoms with Crippen LogP contribution in [-0.4, -0.2) is 27.7 Å². The number of nitrogens with zero attached hydrogens (tertiary/aromatic N) is 2. The van der Waals surface area contributed by atoms with Gasteiger partial charge < -0.3 is 15.0 Å². The Morgan fingerprint density at radius 3 is 2.75 bits per heavy atom. The Bertz CT molecular complexity index is 318. The zero-order valence-corrected chi connectivity index (χ0v) is 10.7. The van der Waals surface area contributed by atoms with Crippen LogP contribution in [0.5, 0.6) is 0 Å². The van der Waals surface area contributed by atoms with Crippen LogP contribution in [0, 0.1) is 5.92 Å². The van der Waals surface area contributed by atoms with E-state index in [9.17, 15) is 5.11 Å². The van der Waals surface area contributed by atoms with Gasteiger partial charge in [0.2, 0.25) is 0 Å². The molecule has 0 spiro atoms. The van der Waals surface area contributed by atoms with Crippen LogP contribution in [0.15, 0.2) is 12.4 Å². The van der Waals surface area contributed by atoms with Crippen molar-refractivity contribution in [3.05, 3.63) is 18.2 Å². The first-order valence-electron chi connectivity index (χ1n) is 5.84. The van der Waals surface area contributed by atoms with Crippen LogP contribution in [0.1, 0.15) is 33.0 Å². The van der Waals surface area contributed by atoms with Crippen LogP contribution in [0.4, 0.5) is 0 Å². The van der Waals surface area contributed by atoms with Crippen molar-refractivity contribution < 1.29 is 5.11 Å². The van der Waals surface area contributed by atoms with Crippen molar-refractivity contribution in [3.63, 3.8) is 0 Å². The molecule has 0 amide bonds. The molecule has 1 rings (SSSR count). The quantitative estimate of drug-likeness (QED) is 0.717. The Kier molecular flexibility index (Phi) is 4.50. The first kappa shape index (κ1) is 13.2. The van der Waals surface area contributed by atoms with Gasteiger partial charge in [0.05, 0.1) is 0 Å². The number of hydrogen-bond donors (Lipinski definition) is 2. The molecule has 4 nitrogen and oxygen atoms in total. The van der Waals surface area contributed by atoms with E-state index in [4.69, 9.17) is 0 Å². The van der Waals surface area contributed by atoms with Crippen LogP contribution in [0.25, 0.3) is 0 Å². The minimum absolute atomic E-state index is 0.637. The average molecular weight is 225 g/mol. The van der Waals surface area contributed by atoms with Gasteiger partial charge in [-0.15, -0.1) is 0 Å². The Morgan fingerprint density at radius 2 is 2.25 bits per heavy atom. The molecular weight excluding hydrogens is 202 g/mol. The first-order chi connectivity index (χ1) is 7.43. The molecule has 2 N–H and O–H groups in total. The molecule has 0 aliphatic heterocycles. The molecule has 16 heavy (non-hydrogen) atoms. The molecule has 1 atom stereocenters. The maximum absolute atomic E-state index is 10.3. The highest BCUT2D eigenvalue weighted by atomic mass is 16.3. The van der Waals surface area contributed by atoms with Crippen LogP contribution < -0.4 is 5.32 Å². The molecule has 0 fully saturated rings. The summed E-state index contributed by atoms with van der Waals surface area (Å²) < 4.78 is 1.86. The Labute approximate surface area is 97.7 Å². The van der Waals surface area contributed by atoms with Crippen molar-refractivity contribution in [2.24, 2.45) is 13.0 Å². The summed E-state index contributed by atoms with van der Waals surface area (Å²) in [7, 11) is 1.90. The summed E-state index contributed by atoms with van der Waals surface area (Å²) in [5.74, 6) is 1.36. The van der Waals surface area contributed by atoms with Crippen molar-refractivity contribution in [2.45, 2.75) is 32.8 Å². The largest absolute Gasteiger partial charge is 0.382 e. The standard InChI is InChI=1S/C12H23N3O/c1-10(2)9-13-6-5-12(3,16)11-14-7-8-15(11)4/h7-8,10,13,16H,5-6,9H2,1-4H3. The van der Waals surface area contributed by atoms with Gasteiger partial charge in [0.25, 0.3) is 0 Å². The minimum atomic E-state index is -0.859. The SMILES string of the molecule is CC(C)CNCCC(C)(O)c1nccn1C. The second-order valence-electron chi connectivity index (χ2n) is 4.98. The lowest BCUT2D eigenvalue weighted by molar-refractivity contribution is 0.0359. The van der Waals surface area contributed by atoms with Crippen LogP contribution in [-0.2, 0) is 12.6 Å². The average Bonchev–Trinajstić information content (AvgIpc) is 2.59. The molecule has 0 bridgehead atoms. The van der Waals surface area contributed by atoms with Crippen LogP contribution in [0.2, 0.25) is 0 Å². The van der Waals surface area contributed by atoms with Crippen molar-refractivity contribution in [1.29, 1.82) is 0 Å². The normalized spacial score (nSPS) is 15.4. The summed E-state index contributed by atoms with van der Waals surface area (Å²) >= 11 is 0. The number of nitrogens with one attached hydrogen (secondary N) is 1. The highest BCUT2D eigenvalue weighted by molar-refractivity contribution is 5.02. The number of hydrogen-bond acceptors (Lipinski definition) is 3. The third-order valence-corrected chi connectivity index (χ3v) is 2.64. The highest BCUT2D eigenvalue weighted by Gasteiger charge is 2.26. The van der Waals surface area contributed by atoms with Gasteiger partial charge in [-0.3, -0.25) is 0 Å². The third kappa shape index (κ3) is 3.61. The van der Waals surface area contributed by atoms with Crippen molar-refractivity contribution in [2.75, 3.05) is 13.1 Å². The smallest absolute Gasteiger partial charge is 0.140 e. The Balaban J connectivity index is 2.43. The van der Waals surface area contributed by atoms with Gasteiger partial charge in [0.1, 0.15) is 11.4 Å². The summed E-state index contributed by atoms with van der Waals surface area (Å²) in [5.41, 5.74) is -0.859. The number of aliphatic hydroxyl groups is 1. The van der Waals surface area contributed by atoms with Crippen molar-refractivity contribution >= 4 is 0 Å². The number of imidazole rings is 1. The van der Waals surface area contributed by atoms with E-state index >= 15 is 0 Å². The van der Waals surface area contributed by atoms with E-state index in [0.29, 0.717) is 12.3 Å². The summed E-state index contributed by atoms with van der Waals surface area (Å²) in [6, 6.07) is 0. The predicted molar refractivity (Wildman–Crippen MR) is 65.1 cm³/mol. The summed E-state index contributed by atoms with van der Waals surface area (Å²) in [4.78, 5) is 4.19. The molecule has 1 heterocycles. The maximum Gasteiger partial charge on any atom is 0.140 e. The fourth-order valence-corrected chi connectivity index (χ4v) is 1.72. The number of aromatic nitrogens is 2. The molecule has 0 saturated heterocycles. The number of aryl methyl sites for hydroxylation is 1. The second-order valence-corrected chi connectivity index (χ2v) is 4.98. The molecule has 0 aromatic carbocycles. The lowest BCUT2D eigenvalue weighted by atomic mass is 10.0. The molecule has 1 aromatic rings. The van der Waals surface area contributed by atoms with Crippen LogP contribution >= 0.6 is 0 Å². The van der Waals surface area contributed by atoms with Gasteiger partial charge in [-0.2, -0.15) is 0 Å². The van der Waals surface area contributed by atoms with Gasteiger partial charge in [-0.05, 0) is 32.4 Å². The van der Waals surface area contributed by atoms with Crippen molar-refractivity contribution in [3.8, 4) is 0 Å². The fourth-order valence-electron chi connectivity index (χ4n) is 1.72. The maximum atomic E-state index is 10.3. The van der Waals surface area contributed by atoms with Gasteiger partial charge in [-0.1, -0.05) is 13.8 Å². The first-order valence-corrected chi connectivity index (χ1v) is 5.84. The Morgan fingerprint density at radius 1 is 1.56 bits per heavy atom. The van der Waals surface area contributed by atoms with Gasteiger partial charge in [0, 0.05) is 19.4 Å². The van der Waals surface area contributed by atoms with Crippen molar-refractivity contribution in [1.82, 2.24) is 14.9 Å². The van der Waals surface area contributed by atoms with E-state index < -0.39 is 5.60 Å². The molecule has 1 aromatic heterocycles. The monoisotopic (exact) mass is 225 g/mol. The van der Waals surface area contributed by atoms with E-state index in [0.717, 1.165) is 18.9 Å². The lowest BCUT2D eigenvalue weighted by Gasteiger charge is -2.23. The molecule has 4 heteroatoms. The summed E-state index contributed by atoms with van der Waals surface area (Å²) in [5, 5.41) is 13.6. The third-order valence-electron chi connectivity index (χ3n) is 2.64. The molecule has 0 aliphatic rings. The van der Waals surface area contributed by atoms with E-state index in [2.05, 4.69) is 24.1 Å². The van der Waals surface area contributed by atoms with E-state index in [-0.39, 0.29) is 0 Å².